The number of nitrogens with one attached hydrogen (secondary N) is 1. The Bertz CT molecular complexity index is 544. The largest absolute Gasteiger partial charge is 0.444 e. The number of nitrogens with two attached hydrogens (primary N) is 1. The van der Waals surface area contributed by atoms with Crippen molar-refractivity contribution in [1.82, 2.24) is 5.32 Å². The van der Waals surface area contributed by atoms with Crippen molar-refractivity contribution in [3.8, 4) is 0 Å². The molecule has 1 aromatic rings. The van der Waals surface area contributed by atoms with Crippen LogP contribution in [0.5, 0.6) is 0 Å². The van der Waals surface area contributed by atoms with Gasteiger partial charge in [-0.25, -0.2) is 4.79 Å². The molecule has 1 aliphatic rings. The highest BCUT2D eigenvalue weighted by atomic mass is 16.6. The lowest BCUT2D eigenvalue weighted by Gasteiger charge is -2.34. The van der Waals surface area contributed by atoms with Crippen molar-refractivity contribution >= 4 is 17.5 Å². The van der Waals surface area contributed by atoms with Crippen molar-refractivity contribution in [1.29, 1.82) is 0 Å². The predicted molar refractivity (Wildman–Crippen MR) is 94.8 cm³/mol. The third kappa shape index (κ3) is 5.05. The number of rotatable bonds is 3. The molecule has 23 heavy (non-hydrogen) atoms. The van der Waals surface area contributed by atoms with E-state index < -0.39 is 5.60 Å². The minimum Gasteiger partial charge on any atom is -0.444 e. The Hall–Kier alpha value is -1.91. The average Bonchev–Trinajstić information content (AvgIpc) is 2.47. The van der Waals surface area contributed by atoms with E-state index in [4.69, 9.17) is 10.5 Å². The predicted octanol–water partition coefficient (Wildman–Crippen LogP) is 3.32. The van der Waals surface area contributed by atoms with Gasteiger partial charge in [-0.15, -0.1) is 0 Å². The molecular weight excluding hydrogens is 290 g/mol. The lowest BCUT2D eigenvalue weighted by atomic mass is 9.96. The van der Waals surface area contributed by atoms with Gasteiger partial charge in [0.25, 0.3) is 0 Å². The summed E-state index contributed by atoms with van der Waals surface area (Å²) in [6.45, 7) is 10.3. The molecule has 1 saturated heterocycles. The second-order valence-corrected chi connectivity index (χ2v) is 7.32. The van der Waals surface area contributed by atoms with Crippen LogP contribution in [0.1, 0.15) is 39.2 Å². The molecule has 1 aromatic carbocycles. The maximum atomic E-state index is 11.7. The number of nitrogens with zero attached hydrogens (tertiary/aromatic N) is 1. The zero-order chi connectivity index (χ0) is 17.0. The van der Waals surface area contributed by atoms with Crippen LogP contribution in [-0.2, 0) is 4.74 Å². The van der Waals surface area contributed by atoms with Crippen LogP contribution in [-0.4, -0.2) is 31.3 Å². The molecule has 0 radical (unpaired) electrons. The van der Waals surface area contributed by atoms with Crippen LogP contribution in [0.4, 0.5) is 16.2 Å². The molecule has 0 saturated carbocycles. The van der Waals surface area contributed by atoms with Crippen molar-refractivity contribution in [3.63, 3.8) is 0 Å². The Morgan fingerprint density at radius 1 is 1.35 bits per heavy atom. The Morgan fingerprint density at radius 3 is 2.61 bits per heavy atom. The molecule has 0 aromatic heterocycles. The summed E-state index contributed by atoms with van der Waals surface area (Å²) in [4.78, 5) is 14.0. The molecule has 1 aliphatic heterocycles. The number of nitrogen functional groups attached to an aromatic ring is 1. The number of para-hydroxylation sites is 1. The minimum absolute atomic E-state index is 0.331. The molecule has 5 heteroatoms. The normalized spacial score (nSPS) is 16.3. The van der Waals surface area contributed by atoms with Crippen molar-refractivity contribution in [2.75, 3.05) is 30.3 Å². The number of hydrogen-bond donors (Lipinski definition) is 2. The molecule has 0 spiro atoms. The second kappa shape index (κ2) is 7.11. The third-order valence-corrected chi connectivity index (χ3v) is 4.19. The number of alkyl carbamates (subject to hydrolysis) is 1. The van der Waals surface area contributed by atoms with Crippen molar-refractivity contribution in [2.45, 2.75) is 46.1 Å². The molecular formula is C18H29N3O2. The van der Waals surface area contributed by atoms with Crippen LogP contribution >= 0.6 is 0 Å². The summed E-state index contributed by atoms with van der Waals surface area (Å²) in [5.74, 6) is 0.491. The van der Waals surface area contributed by atoms with Gasteiger partial charge in [0.2, 0.25) is 0 Å². The topological polar surface area (TPSA) is 67.6 Å². The van der Waals surface area contributed by atoms with E-state index >= 15 is 0 Å². The first-order chi connectivity index (χ1) is 10.8. The fourth-order valence-corrected chi connectivity index (χ4v) is 2.86. The summed E-state index contributed by atoms with van der Waals surface area (Å²) in [6, 6.07) is 6.18. The summed E-state index contributed by atoms with van der Waals surface area (Å²) >= 11 is 0. The quantitative estimate of drug-likeness (QED) is 0.839. The first-order valence-electron chi connectivity index (χ1n) is 8.33. The molecule has 2 rings (SSSR count). The standard InChI is InChI=1S/C18H29N3O2/c1-13-6-5-7-15(16(13)19)21-10-8-14(9-11-21)12-20-17(22)23-18(2,3)4/h5-7,14H,8-12,19H2,1-4H3,(H,20,22). The van der Waals surface area contributed by atoms with E-state index in [2.05, 4.69) is 22.3 Å². The number of anilines is 2. The molecule has 1 amide bonds. The number of carbonyl (C=O) groups excluding carboxylic acids is 1. The lowest BCUT2D eigenvalue weighted by molar-refractivity contribution is 0.0517. The van der Waals surface area contributed by atoms with E-state index in [9.17, 15) is 4.79 Å². The van der Waals surface area contributed by atoms with E-state index in [0.717, 1.165) is 42.9 Å². The first kappa shape index (κ1) is 17.4. The maximum Gasteiger partial charge on any atom is 0.407 e. The van der Waals surface area contributed by atoms with Crippen LogP contribution in [0.15, 0.2) is 18.2 Å². The molecule has 0 aliphatic carbocycles. The molecule has 0 bridgehead atoms. The molecule has 3 N–H and O–H groups in total. The van der Waals surface area contributed by atoms with Gasteiger partial charge in [0.1, 0.15) is 5.60 Å². The number of carbonyl (C=O) groups is 1. The van der Waals surface area contributed by atoms with Crippen molar-refractivity contribution in [3.05, 3.63) is 23.8 Å². The SMILES string of the molecule is Cc1cccc(N2CCC(CNC(=O)OC(C)(C)C)CC2)c1N. The summed E-state index contributed by atoms with van der Waals surface area (Å²) < 4.78 is 5.27. The summed E-state index contributed by atoms with van der Waals surface area (Å²) in [5, 5.41) is 2.88. The number of amides is 1. The summed E-state index contributed by atoms with van der Waals surface area (Å²) in [6.07, 6.45) is 1.76. The lowest BCUT2D eigenvalue weighted by Crippen LogP contribution is -2.40. The van der Waals surface area contributed by atoms with Gasteiger partial charge >= 0.3 is 6.09 Å². The summed E-state index contributed by atoms with van der Waals surface area (Å²) in [7, 11) is 0. The van der Waals surface area contributed by atoms with Crippen LogP contribution in [0, 0.1) is 12.8 Å². The number of aryl methyl sites for hydroxylation is 1. The van der Waals surface area contributed by atoms with Gasteiger partial charge in [-0.3, -0.25) is 0 Å². The third-order valence-electron chi connectivity index (χ3n) is 4.19. The fraction of sp³-hybridized carbons (Fsp3) is 0.611. The highest BCUT2D eigenvalue weighted by Gasteiger charge is 2.22. The van der Waals surface area contributed by atoms with Gasteiger partial charge in [0.05, 0.1) is 11.4 Å². The highest BCUT2D eigenvalue weighted by molar-refractivity contribution is 5.71. The number of piperidine rings is 1. The second-order valence-electron chi connectivity index (χ2n) is 7.32. The monoisotopic (exact) mass is 319 g/mol. The van der Waals surface area contributed by atoms with Gasteiger partial charge < -0.3 is 20.7 Å². The van der Waals surface area contributed by atoms with E-state index in [0.29, 0.717) is 12.5 Å². The van der Waals surface area contributed by atoms with E-state index in [1.807, 2.05) is 33.8 Å². The zero-order valence-electron chi connectivity index (χ0n) is 14.7. The smallest absolute Gasteiger partial charge is 0.407 e. The van der Waals surface area contributed by atoms with Gasteiger partial charge in [0.15, 0.2) is 0 Å². The number of benzene rings is 1. The van der Waals surface area contributed by atoms with E-state index in [-0.39, 0.29) is 6.09 Å². The van der Waals surface area contributed by atoms with Gasteiger partial charge in [-0.1, -0.05) is 12.1 Å². The Labute approximate surface area is 139 Å². The van der Waals surface area contributed by atoms with Crippen LogP contribution < -0.4 is 16.0 Å². The maximum absolute atomic E-state index is 11.7. The van der Waals surface area contributed by atoms with Gasteiger partial charge in [0, 0.05) is 19.6 Å². The molecule has 5 nitrogen and oxygen atoms in total. The molecule has 128 valence electrons. The average molecular weight is 319 g/mol. The Balaban J connectivity index is 1.80. The van der Waals surface area contributed by atoms with Crippen molar-refractivity contribution < 1.29 is 9.53 Å². The minimum atomic E-state index is -0.448. The first-order valence-corrected chi connectivity index (χ1v) is 8.33. The Morgan fingerprint density at radius 2 is 2.00 bits per heavy atom. The van der Waals surface area contributed by atoms with E-state index in [1.165, 1.54) is 0 Å². The molecule has 1 heterocycles. The molecule has 0 atom stereocenters. The fourth-order valence-electron chi connectivity index (χ4n) is 2.86. The summed E-state index contributed by atoms with van der Waals surface area (Å²) in [5.41, 5.74) is 8.86. The Kier molecular flexibility index (Phi) is 5.39. The number of hydrogen-bond acceptors (Lipinski definition) is 4. The zero-order valence-corrected chi connectivity index (χ0v) is 14.7. The highest BCUT2D eigenvalue weighted by Crippen LogP contribution is 2.29. The van der Waals surface area contributed by atoms with Crippen molar-refractivity contribution in [2.24, 2.45) is 5.92 Å². The molecule has 0 unspecified atom stereocenters. The van der Waals surface area contributed by atoms with Gasteiger partial charge in [-0.2, -0.15) is 0 Å². The van der Waals surface area contributed by atoms with Crippen LogP contribution in [0.3, 0.4) is 0 Å². The van der Waals surface area contributed by atoms with Gasteiger partial charge in [-0.05, 0) is 58.1 Å². The van der Waals surface area contributed by atoms with Crippen LogP contribution in [0.2, 0.25) is 0 Å². The van der Waals surface area contributed by atoms with E-state index in [1.54, 1.807) is 0 Å². The number of ether oxygens (including phenoxy) is 1. The molecule has 1 fully saturated rings. The van der Waals surface area contributed by atoms with Crippen LogP contribution in [0.25, 0.3) is 0 Å².